The molecule has 0 aliphatic carbocycles. The van der Waals surface area contributed by atoms with Crippen LogP contribution >= 0.6 is 22.9 Å². The van der Waals surface area contributed by atoms with Crippen LogP contribution in [0.3, 0.4) is 0 Å². The van der Waals surface area contributed by atoms with E-state index in [0.29, 0.717) is 5.02 Å². The van der Waals surface area contributed by atoms with Crippen LogP contribution in [0.15, 0.2) is 35.2 Å². The first kappa shape index (κ1) is 9.49. The first-order valence-electron chi connectivity index (χ1n) is 4.21. The van der Waals surface area contributed by atoms with E-state index in [1.807, 2.05) is 12.1 Å². The molecule has 0 radical (unpaired) electrons. The van der Waals surface area contributed by atoms with Crippen LogP contribution in [0.2, 0.25) is 5.02 Å². The monoisotopic (exact) mass is 224 g/mol. The standard InChI is InChI=1S/C10H9ClN2S/c11-9-1-2-10(13-6-9)12-5-8-3-4-14-7-8/h1-4,6-7H,5H2,(H,12,13). The van der Waals surface area contributed by atoms with Gasteiger partial charge in [0.25, 0.3) is 0 Å². The number of rotatable bonds is 3. The Morgan fingerprint density at radius 1 is 1.36 bits per heavy atom. The lowest BCUT2D eigenvalue weighted by Crippen LogP contribution is -1.99. The van der Waals surface area contributed by atoms with Gasteiger partial charge in [-0.3, -0.25) is 0 Å². The number of nitrogens with one attached hydrogen (secondary N) is 1. The van der Waals surface area contributed by atoms with Gasteiger partial charge < -0.3 is 5.32 Å². The lowest BCUT2D eigenvalue weighted by atomic mass is 10.3. The highest BCUT2D eigenvalue weighted by Gasteiger charge is 1.95. The zero-order chi connectivity index (χ0) is 9.80. The molecule has 0 amide bonds. The van der Waals surface area contributed by atoms with Crippen LogP contribution in [0.1, 0.15) is 5.56 Å². The fraction of sp³-hybridized carbons (Fsp3) is 0.100. The Morgan fingerprint density at radius 2 is 2.29 bits per heavy atom. The molecule has 72 valence electrons. The van der Waals surface area contributed by atoms with Gasteiger partial charge in [-0.25, -0.2) is 4.98 Å². The summed E-state index contributed by atoms with van der Waals surface area (Å²) in [6.07, 6.45) is 1.64. The molecular weight excluding hydrogens is 216 g/mol. The van der Waals surface area contributed by atoms with Gasteiger partial charge in [0.05, 0.1) is 5.02 Å². The van der Waals surface area contributed by atoms with Crippen molar-refractivity contribution in [2.24, 2.45) is 0 Å². The Morgan fingerprint density at radius 3 is 2.93 bits per heavy atom. The maximum atomic E-state index is 5.72. The summed E-state index contributed by atoms with van der Waals surface area (Å²) >= 11 is 7.42. The molecule has 1 N–H and O–H groups in total. The lowest BCUT2D eigenvalue weighted by molar-refractivity contribution is 1.12. The van der Waals surface area contributed by atoms with Crippen molar-refractivity contribution in [2.45, 2.75) is 6.54 Å². The van der Waals surface area contributed by atoms with E-state index >= 15 is 0 Å². The van der Waals surface area contributed by atoms with Gasteiger partial charge in [-0.2, -0.15) is 11.3 Å². The zero-order valence-electron chi connectivity index (χ0n) is 7.40. The minimum absolute atomic E-state index is 0.658. The van der Waals surface area contributed by atoms with Gasteiger partial charge in [-0.05, 0) is 34.5 Å². The Labute approximate surface area is 91.6 Å². The third kappa shape index (κ3) is 2.47. The summed E-state index contributed by atoms with van der Waals surface area (Å²) in [6, 6.07) is 5.78. The Bertz CT molecular complexity index is 383. The minimum atomic E-state index is 0.658. The summed E-state index contributed by atoms with van der Waals surface area (Å²) in [5, 5.41) is 8.05. The molecular formula is C10H9ClN2S. The number of pyridine rings is 1. The summed E-state index contributed by atoms with van der Waals surface area (Å²) in [6.45, 7) is 0.804. The number of hydrogen-bond acceptors (Lipinski definition) is 3. The summed E-state index contributed by atoms with van der Waals surface area (Å²) in [7, 11) is 0. The predicted molar refractivity (Wildman–Crippen MR) is 60.9 cm³/mol. The quantitative estimate of drug-likeness (QED) is 0.865. The van der Waals surface area contributed by atoms with E-state index in [1.54, 1.807) is 17.5 Å². The predicted octanol–water partition coefficient (Wildman–Crippen LogP) is 3.41. The Hall–Kier alpha value is -1.06. The highest BCUT2D eigenvalue weighted by atomic mass is 35.5. The normalized spacial score (nSPS) is 10.1. The number of halogens is 1. The smallest absolute Gasteiger partial charge is 0.126 e. The average molecular weight is 225 g/mol. The van der Waals surface area contributed by atoms with Crippen LogP contribution in [-0.4, -0.2) is 4.98 Å². The number of anilines is 1. The van der Waals surface area contributed by atoms with Crippen molar-refractivity contribution in [1.82, 2.24) is 4.98 Å². The maximum Gasteiger partial charge on any atom is 0.126 e. The van der Waals surface area contributed by atoms with Gasteiger partial charge >= 0.3 is 0 Å². The Kier molecular flexibility index (Phi) is 3.01. The third-order valence-corrected chi connectivity index (χ3v) is 2.74. The maximum absolute atomic E-state index is 5.72. The van der Waals surface area contributed by atoms with Crippen LogP contribution < -0.4 is 5.32 Å². The number of hydrogen-bond donors (Lipinski definition) is 1. The van der Waals surface area contributed by atoms with Crippen molar-refractivity contribution in [3.8, 4) is 0 Å². The third-order valence-electron chi connectivity index (χ3n) is 1.78. The van der Waals surface area contributed by atoms with Gasteiger partial charge in [0.2, 0.25) is 0 Å². The first-order valence-corrected chi connectivity index (χ1v) is 5.53. The van der Waals surface area contributed by atoms with Crippen LogP contribution in [-0.2, 0) is 6.54 Å². The molecule has 14 heavy (non-hydrogen) atoms. The lowest BCUT2D eigenvalue weighted by Gasteiger charge is -2.02. The largest absolute Gasteiger partial charge is 0.366 e. The summed E-state index contributed by atoms with van der Waals surface area (Å²) in [4.78, 5) is 4.14. The van der Waals surface area contributed by atoms with Gasteiger partial charge in [0.15, 0.2) is 0 Å². The van der Waals surface area contributed by atoms with Gasteiger partial charge in [0, 0.05) is 12.7 Å². The summed E-state index contributed by atoms with van der Waals surface area (Å²) in [5.74, 6) is 0.848. The topological polar surface area (TPSA) is 24.9 Å². The molecule has 2 heterocycles. The summed E-state index contributed by atoms with van der Waals surface area (Å²) in [5.41, 5.74) is 1.27. The van der Waals surface area contributed by atoms with E-state index in [-0.39, 0.29) is 0 Å². The number of thiophene rings is 1. The van der Waals surface area contributed by atoms with E-state index < -0.39 is 0 Å². The van der Waals surface area contributed by atoms with E-state index in [4.69, 9.17) is 11.6 Å². The van der Waals surface area contributed by atoms with E-state index in [9.17, 15) is 0 Å². The fourth-order valence-corrected chi connectivity index (χ4v) is 1.85. The molecule has 0 saturated carbocycles. The molecule has 2 rings (SSSR count). The highest BCUT2D eigenvalue weighted by Crippen LogP contribution is 2.12. The summed E-state index contributed by atoms with van der Waals surface area (Å²) < 4.78 is 0. The van der Waals surface area contributed by atoms with Gasteiger partial charge in [-0.1, -0.05) is 11.6 Å². The van der Waals surface area contributed by atoms with Crippen LogP contribution in [0, 0.1) is 0 Å². The van der Waals surface area contributed by atoms with Crippen molar-refractivity contribution in [3.63, 3.8) is 0 Å². The van der Waals surface area contributed by atoms with Crippen molar-refractivity contribution in [1.29, 1.82) is 0 Å². The second-order valence-electron chi connectivity index (χ2n) is 2.85. The molecule has 0 bridgehead atoms. The molecule has 0 fully saturated rings. The minimum Gasteiger partial charge on any atom is -0.366 e. The van der Waals surface area contributed by atoms with Crippen LogP contribution in [0.4, 0.5) is 5.82 Å². The van der Waals surface area contributed by atoms with Crippen molar-refractivity contribution < 1.29 is 0 Å². The zero-order valence-corrected chi connectivity index (χ0v) is 8.98. The van der Waals surface area contributed by atoms with Gasteiger partial charge in [-0.15, -0.1) is 0 Å². The van der Waals surface area contributed by atoms with E-state index in [0.717, 1.165) is 12.4 Å². The molecule has 0 aromatic carbocycles. The van der Waals surface area contributed by atoms with Gasteiger partial charge in [0.1, 0.15) is 5.82 Å². The molecule has 2 nitrogen and oxygen atoms in total. The highest BCUT2D eigenvalue weighted by molar-refractivity contribution is 7.07. The van der Waals surface area contributed by atoms with E-state index in [2.05, 4.69) is 27.1 Å². The molecule has 2 aromatic rings. The molecule has 0 saturated heterocycles. The molecule has 2 aromatic heterocycles. The Balaban J connectivity index is 1.95. The van der Waals surface area contributed by atoms with Crippen LogP contribution in [0.5, 0.6) is 0 Å². The van der Waals surface area contributed by atoms with Crippen molar-refractivity contribution in [3.05, 3.63) is 45.7 Å². The number of aromatic nitrogens is 1. The molecule has 4 heteroatoms. The van der Waals surface area contributed by atoms with E-state index in [1.165, 1.54) is 5.56 Å². The SMILES string of the molecule is Clc1ccc(NCc2ccsc2)nc1. The molecule has 0 aliphatic rings. The molecule has 0 unspecified atom stereocenters. The fourth-order valence-electron chi connectivity index (χ4n) is 1.07. The van der Waals surface area contributed by atoms with Crippen molar-refractivity contribution in [2.75, 3.05) is 5.32 Å². The molecule has 0 aliphatic heterocycles. The average Bonchev–Trinajstić information content (AvgIpc) is 2.70. The number of nitrogens with zero attached hydrogens (tertiary/aromatic N) is 1. The second-order valence-corrected chi connectivity index (χ2v) is 4.06. The van der Waals surface area contributed by atoms with Crippen LogP contribution in [0.25, 0.3) is 0 Å². The second kappa shape index (κ2) is 4.44. The van der Waals surface area contributed by atoms with Crippen molar-refractivity contribution >= 4 is 28.8 Å². The first-order chi connectivity index (χ1) is 6.84. The molecule has 0 spiro atoms. The molecule has 0 atom stereocenters.